The fourth-order valence-electron chi connectivity index (χ4n) is 8.51. The largest absolute Gasteiger partial charge is 0.489 e. The molecule has 4 aromatic rings. The van der Waals surface area contributed by atoms with Gasteiger partial charge in [0.25, 0.3) is 6.43 Å². The zero-order valence-corrected chi connectivity index (χ0v) is 27.8. The first-order valence-corrected chi connectivity index (χ1v) is 17.3. The van der Waals surface area contributed by atoms with E-state index in [9.17, 15) is 19.1 Å². The number of ether oxygens (including phenoxy) is 2. The normalized spacial score (nSPS) is 26.9. The van der Waals surface area contributed by atoms with Gasteiger partial charge in [0.1, 0.15) is 36.4 Å². The number of aromatic nitrogens is 2. The molecule has 3 saturated heterocycles. The van der Waals surface area contributed by atoms with Crippen molar-refractivity contribution in [1.29, 1.82) is 5.26 Å². The van der Waals surface area contributed by atoms with E-state index in [1.165, 1.54) is 6.07 Å². The lowest BCUT2D eigenvalue weighted by atomic mass is 9.86. The maximum Gasteiger partial charge on any atom is 0.319 e. The Kier molecular flexibility index (Phi) is 7.49. The van der Waals surface area contributed by atoms with Gasteiger partial charge in [-0.1, -0.05) is 24.6 Å². The highest BCUT2D eigenvalue weighted by molar-refractivity contribution is 7.19. The van der Waals surface area contributed by atoms with Crippen molar-refractivity contribution in [2.45, 2.75) is 69.6 Å². The average molecular weight is 702 g/mol. The Labute approximate surface area is 282 Å². The fraction of sp³-hybridized carbons (Fsp3) is 0.500. The molecule has 0 aliphatic carbocycles. The summed E-state index contributed by atoms with van der Waals surface area (Å²) in [5, 5.41) is 21.2. The number of rotatable bonds is 5. The van der Waals surface area contributed by atoms with Gasteiger partial charge in [-0.3, -0.25) is 4.90 Å². The Morgan fingerprint density at radius 1 is 1.21 bits per heavy atom. The monoisotopic (exact) mass is 701 g/mol. The van der Waals surface area contributed by atoms with Crippen LogP contribution in [0.1, 0.15) is 62.8 Å². The molecule has 4 aliphatic rings. The number of nitriles is 1. The van der Waals surface area contributed by atoms with Gasteiger partial charge in [0.15, 0.2) is 11.6 Å². The highest BCUT2D eigenvalue weighted by atomic mass is 35.5. The summed E-state index contributed by atoms with van der Waals surface area (Å²) < 4.78 is 72.6. The number of hydrogen-bond acceptors (Lipinski definition) is 9. The van der Waals surface area contributed by atoms with Gasteiger partial charge in [-0.25, -0.2) is 17.6 Å². The van der Waals surface area contributed by atoms with Gasteiger partial charge in [0.05, 0.1) is 42.7 Å². The summed E-state index contributed by atoms with van der Waals surface area (Å²) in [6.07, 6.45) is 1.06. The summed E-state index contributed by atoms with van der Waals surface area (Å²) in [6, 6.07) is 3.41. The molecule has 3 unspecified atom stereocenters. The first kappa shape index (κ1) is 31.8. The molecule has 0 spiro atoms. The van der Waals surface area contributed by atoms with E-state index in [1.807, 2.05) is 4.90 Å². The number of piperidine rings is 1. The molecule has 8 rings (SSSR count). The number of fused-ring (bicyclic) bond motifs is 4. The molecule has 6 heterocycles. The number of anilines is 1. The van der Waals surface area contributed by atoms with E-state index in [0.717, 1.165) is 38.4 Å². The SMILES string of the molecule is C[C@H]1CN2CCCC2(COc2nc3c4c(c(Cl)c(-c5ccc(F)c6sc(C(F)F)c(C#N)c56)c(F)c4n2)OCC2N3CCCC2(C)O)C1. The van der Waals surface area contributed by atoms with Crippen LogP contribution < -0.4 is 14.4 Å². The van der Waals surface area contributed by atoms with Gasteiger partial charge in [-0.2, -0.15) is 15.2 Å². The third kappa shape index (κ3) is 4.66. The summed E-state index contributed by atoms with van der Waals surface area (Å²) in [4.78, 5) is 13.1. The Morgan fingerprint density at radius 2 is 2.00 bits per heavy atom. The molecule has 1 N–H and O–H groups in total. The lowest BCUT2D eigenvalue weighted by molar-refractivity contribution is -0.00671. The molecule has 4 aliphatic heterocycles. The second kappa shape index (κ2) is 11.3. The Morgan fingerprint density at radius 3 is 2.77 bits per heavy atom. The second-order valence-corrected chi connectivity index (χ2v) is 15.2. The number of thiophene rings is 1. The van der Waals surface area contributed by atoms with Crippen molar-refractivity contribution in [2.24, 2.45) is 5.92 Å². The summed E-state index contributed by atoms with van der Waals surface area (Å²) in [6.45, 7) is 6.68. The molecule has 14 heteroatoms. The van der Waals surface area contributed by atoms with Crippen molar-refractivity contribution in [2.75, 3.05) is 37.7 Å². The third-order valence-electron chi connectivity index (χ3n) is 10.6. The molecule has 3 fully saturated rings. The first-order valence-electron chi connectivity index (χ1n) is 16.1. The Hall–Kier alpha value is -3.44. The highest BCUT2D eigenvalue weighted by Crippen LogP contribution is 2.52. The van der Waals surface area contributed by atoms with E-state index < -0.39 is 40.1 Å². The van der Waals surface area contributed by atoms with Crippen LogP contribution in [0.2, 0.25) is 5.02 Å². The number of halogens is 5. The molecule has 0 saturated carbocycles. The van der Waals surface area contributed by atoms with Crippen LogP contribution in [0.15, 0.2) is 12.1 Å². The van der Waals surface area contributed by atoms with Gasteiger partial charge in [0, 0.05) is 24.0 Å². The summed E-state index contributed by atoms with van der Waals surface area (Å²) in [7, 11) is 0. The minimum Gasteiger partial charge on any atom is -0.489 e. The van der Waals surface area contributed by atoms with Crippen molar-refractivity contribution >= 4 is 49.7 Å². The maximum absolute atomic E-state index is 17.2. The summed E-state index contributed by atoms with van der Waals surface area (Å²) in [5.41, 5.74) is -2.30. The van der Waals surface area contributed by atoms with Crippen molar-refractivity contribution < 1.29 is 32.1 Å². The molecular weight excluding hydrogens is 670 g/mol. The van der Waals surface area contributed by atoms with E-state index >= 15 is 8.78 Å². The van der Waals surface area contributed by atoms with Gasteiger partial charge in [-0.15, -0.1) is 11.3 Å². The molecule has 0 bridgehead atoms. The van der Waals surface area contributed by atoms with Gasteiger partial charge in [-0.05, 0) is 63.1 Å². The first-order chi connectivity index (χ1) is 22.9. The van der Waals surface area contributed by atoms with E-state index in [2.05, 4.69) is 16.8 Å². The number of alkyl halides is 2. The quantitative estimate of drug-likeness (QED) is 0.213. The van der Waals surface area contributed by atoms with Gasteiger partial charge >= 0.3 is 6.01 Å². The number of aliphatic hydroxyl groups is 1. The lowest BCUT2D eigenvalue weighted by Gasteiger charge is -2.44. The molecule has 2 aromatic carbocycles. The standard InChI is InChI=1S/C34H32ClF4N5O3S/c1-16-11-34(8-4-9-43(34)13-16)15-47-32-41-26-23-27(46-14-20-33(2,45)7-3-10-44(20)31(23)42-32)24(35)22(25(26)37)17-5-6-19(36)29-21(17)18(12-40)28(48-29)30(38)39/h5-6,16,20,30,45H,3-4,7-11,13-15H2,1-2H3/t16-,20?,33?,34?/m1/s1. The van der Waals surface area contributed by atoms with Crippen LogP contribution >= 0.6 is 22.9 Å². The number of nitrogens with zero attached hydrogens (tertiary/aromatic N) is 5. The molecule has 4 atom stereocenters. The maximum atomic E-state index is 17.2. The van der Waals surface area contributed by atoms with E-state index in [1.54, 1.807) is 13.0 Å². The van der Waals surface area contributed by atoms with Crippen molar-refractivity contribution in [3.05, 3.63) is 39.2 Å². The van der Waals surface area contributed by atoms with Crippen LogP contribution in [0.3, 0.4) is 0 Å². The number of benzene rings is 2. The predicted octanol–water partition coefficient (Wildman–Crippen LogP) is 7.62. The zero-order valence-electron chi connectivity index (χ0n) is 26.3. The minimum absolute atomic E-state index is 0.0222. The molecule has 2 aromatic heterocycles. The summed E-state index contributed by atoms with van der Waals surface area (Å²) in [5.74, 6) is -0.898. The molecule has 8 nitrogen and oxygen atoms in total. The van der Waals surface area contributed by atoms with Crippen LogP contribution in [-0.2, 0) is 0 Å². The molecule has 48 heavy (non-hydrogen) atoms. The average Bonchev–Trinajstić information content (AvgIpc) is 3.67. The molecular formula is C34H32ClF4N5O3S. The Balaban J connectivity index is 1.36. The van der Waals surface area contributed by atoms with Crippen LogP contribution in [0.5, 0.6) is 11.8 Å². The highest BCUT2D eigenvalue weighted by Gasteiger charge is 2.48. The van der Waals surface area contributed by atoms with Crippen LogP contribution in [0.4, 0.5) is 23.4 Å². The van der Waals surface area contributed by atoms with Crippen molar-refractivity contribution in [3.63, 3.8) is 0 Å². The fourth-order valence-corrected chi connectivity index (χ4v) is 9.89. The van der Waals surface area contributed by atoms with Gasteiger partial charge < -0.3 is 19.5 Å². The molecule has 252 valence electrons. The Bertz CT molecular complexity index is 2040. The predicted molar refractivity (Wildman–Crippen MR) is 174 cm³/mol. The topological polar surface area (TPSA) is 94.7 Å². The van der Waals surface area contributed by atoms with E-state index in [4.69, 9.17) is 26.1 Å². The molecule has 0 radical (unpaired) electrons. The van der Waals surface area contributed by atoms with Crippen LogP contribution in [0.25, 0.3) is 32.1 Å². The summed E-state index contributed by atoms with van der Waals surface area (Å²) >= 11 is 7.43. The third-order valence-corrected chi connectivity index (χ3v) is 12.2. The van der Waals surface area contributed by atoms with Crippen molar-refractivity contribution in [1.82, 2.24) is 14.9 Å². The van der Waals surface area contributed by atoms with Crippen LogP contribution in [-0.4, -0.2) is 70.0 Å². The second-order valence-electron chi connectivity index (χ2n) is 13.8. The number of hydrogen-bond donors (Lipinski definition) is 1. The smallest absolute Gasteiger partial charge is 0.319 e. The molecule has 0 amide bonds. The lowest BCUT2D eigenvalue weighted by Crippen LogP contribution is -2.58. The van der Waals surface area contributed by atoms with Crippen LogP contribution in [0, 0.1) is 28.9 Å². The minimum atomic E-state index is -3.05. The van der Waals surface area contributed by atoms with Gasteiger partial charge in [0.2, 0.25) is 0 Å². The van der Waals surface area contributed by atoms with Crippen molar-refractivity contribution in [3.8, 4) is 29.0 Å². The van der Waals surface area contributed by atoms with E-state index in [-0.39, 0.29) is 61.0 Å². The zero-order chi connectivity index (χ0) is 33.7. The van der Waals surface area contributed by atoms with E-state index in [0.29, 0.717) is 49.1 Å².